The first-order valence-electron chi connectivity index (χ1n) is 8.68. The fraction of sp³-hybridized carbons (Fsp3) is 0.200. The number of rotatable bonds is 2. The van der Waals surface area contributed by atoms with Crippen LogP contribution in [0.5, 0.6) is 0 Å². The van der Waals surface area contributed by atoms with Crippen molar-refractivity contribution in [1.29, 1.82) is 0 Å². The average molecular weight is 392 g/mol. The smallest absolute Gasteiger partial charge is 0.231 e. The summed E-state index contributed by atoms with van der Waals surface area (Å²) >= 11 is 1.51. The van der Waals surface area contributed by atoms with Crippen LogP contribution in [-0.2, 0) is 10.3 Å². The number of carbonyl (C=O) groups excluding carboxylic acids is 1. The number of guanidine groups is 1. The number of hydrogen-bond acceptors (Lipinski definition) is 5. The van der Waals surface area contributed by atoms with Crippen LogP contribution in [0.1, 0.15) is 18.9 Å². The summed E-state index contributed by atoms with van der Waals surface area (Å²) < 4.78 is 14.6. The molecular formula is C20H18BFN4OS. The van der Waals surface area contributed by atoms with E-state index in [4.69, 9.17) is 19.3 Å². The zero-order chi connectivity index (χ0) is 20.2. The summed E-state index contributed by atoms with van der Waals surface area (Å²) in [7, 11) is 7.79. The fourth-order valence-corrected chi connectivity index (χ4v) is 4.45. The van der Waals surface area contributed by atoms with Crippen molar-refractivity contribution in [3.05, 3.63) is 47.1 Å². The van der Waals surface area contributed by atoms with E-state index < -0.39 is 11.4 Å². The fourth-order valence-electron chi connectivity index (χ4n) is 3.47. The van der Waals surface area contributed by atoms with Crippen molar-refractivity contribution in [3.8, 4) is 11.1 Å². The Hall–Kier alpha value is -2.87. The second-order valence-electron chi connectivity index (χ2n) is 7.20. The lowest BCUT2D eigenvalue weighted by Gasteiger charge is -2.34. The van der Waals surface area contributed by atoms with Gasteiger partial charge in [-0.2, -0.15) is 0 Å². The largest absolute Gasteiger partial charge is 0.396 e. The molecule has 5 nitrogen and oxygen atoms in total. The Bertz CT molecular complexity index is 1160. The Balaban J connectivity index is 1.97. The number of fused-ring (bicyclic) bond motifs is 1. The molecule has 2 heterocycles. The minimum Gasteiger partial charge on any atom is -0.396 e. The number of amides is 1. The van der Waals surface area contributed by atoms with Gasteiger partial charge in [0, 0.05) is 11.7 Å². The molecule has 1 amide bonds. The first-order valence-corrected chi connectivity index (χ1v) is 9.56. The highest BCUT2D eigenvalue weighted by atomic mass is 32.1. The predicted octanol–water partition coefficient (Wildman–Crippen LogP) is 2.48. The Labute approximate surface area is 167 Å². The summed E-state index contributed by atoms with van der Waals surface area (Å²) in [6, 6.07) is 8.54. The lowest BCUT2D eigenvalue weighted by Crippen LogP contribution is -2.47. The lowest BCUT2D eigenvalue weighted by atomic mass is 9.83. The number of benzene rings is 2. The number of hydrogen-bond donors (Lipinski definition) is 2. The van der Waals surface area contributed by atoms with Gasteiger partial charge >= 0.3 is 0 Å². The minimum atomic E-state index is -0.823. The monoisotopic (exact) mass is 392 g/mol. The molecular weight excluding hydrogens is 374 g/mol. The molecule has 0 saturated carbocycles. The molecule has 1 aromatic heterocycles. The Morgan fingerprint density at radius 2 is 2.04 bits per heavy atom. The summed E-state index contributed by atoms with van der Waals surface area (Å²) in [5.74, 6) is -0.405. The number of aliphatic imine (C=N–C) groups is 1. The third-order valence-electron chi connectivity index (χ3n) is 5.21. The lowest BCUT2D eigenvalue weighted by molar-refractivity contribution is -0.128. The maximum Gasteiger partial charge on any atom is 0.231 e. The van der Waals surface area contributed by atoms with Gasteiger partial charge in [-0.3, -0.25) is 9.69 Å². The number of nitrogens with zero attached hydrogens (tertiary/aromatic N) is 2. The van der Waals surface area contributed by atoms with Gasteiger partial charge < -0.3 is 11.5 Å². The first kappa shape index (κ1) is 18.5. The third kappa shape index (κ3) is 2.84. The molecule has 4 N–H and O–H groups in total. The van der Waals surface area contributed by atoms with Crippen LogP contribution in [0.4, 0.5) is 10.1 Å². The van der Waals surface area contributed by atoms with E-state index in [1.807, 2.05) is 24.4 Å². The van der Waals surface area contributed by atoms with Gasteiger partial charge in [-0.05, 0) is 58.6 Å². The number of carbonyl (C=O) groups is 1. The van der Waals surface area contributed by atoms with Gasteiger partial charge in [-0.1, -0.05) is 11.5 Å². The van der Waals surface area contributed by atoms with Crippen LogP contribution >= 0.6 is 11.3 Å². The van der Waals surface area contributed by atoms with Crippen molar-refractivity contribution in [2.75, 3.05) is 12.8 Å². The molecule has 3 aromatic rings. The summed E-state index contributed by atoms with van der Waals surface area (Å²) in [6.07, 6.45) is 0.185. The standard InChI is InChI=1S/C20H18BFN4OS/c1-20(8-17(27)26(2)19(24)25-20)11-6-12(10-3-4-15(22)16(23)5-10)18-13(7-11)14(21)9-28-18/h3-7,9H,8,23H2,1-2H3,(H2,24,25)/t20-/m0/s1. The number of anilines is 1. The zero-order valence-corrected chi connectivity index (χ0v) is 16.3. The summed E-state index contributed by atoms with van der Waals surface area (Å²) in [5.41, 5.74) is 14.1. The van der Waals surface area contributed by atoms with E-state index in [1.165, 1.54) is 22.3 Å². The topological polar surface area (TPSA) is 84.7 Å². The third-order valence-corrected chi connectivity index (χ3v) is 6.25. The van der Waals surface area contributed by atoms with Gasteiger partial charge in [0.1, 0.15) is 13.7 Å². The molecule has 28 heavy (non-hydrogen) atoms. The normalized spacial score (nSPS) is 19.9. The second-order valence-corrected chi connectivity index (χ2v) is 8.08. The van der Waals surface area contributed by atoms with Gasteiger partial charge in [-0.15, -0.1) is 11.3 Å². The van der Waals surface area contributed by atoms with Crippen molar-refractivity contribution < 1.29 is 9.18 Å². The van der Waals surface area contributed by atoms with E-state index in [1.54, 1.807) is 19.2 Å². The van der Waals surface area contributed by atoms with Crippen LogP contribution in [0.3, 0.4) is 0 Å². The molecule has 1 aliphatic heterocycles. The molecule has 0 bridgehead atoms. The molecule has 0 spiro atoms. The minimum absolute atomic E-state index is 0.0727. The second kappa shape index (κ2) is 6.34. The highest BCUT2D eigenvalue weighted by molar-refractivity contribution is 7.19. The van der Waals surface area contributed by atoms with Crippen LogP contribution in [0.2, 0.25) is 0 Å². The SMILES string of the molecule is [B]c1csc2c(-c3ccc(F)c(N)c3)cc([C@]3(C)CC(=O)N(C)C(N)=N3)cc12. The quantitative estimate of drug-likeness (QED) is 0.519. The molecule has 0 aliphatic carbocycles. The maximum absolute atomic E-state index is 13.7. The van der Waals surface area contributed by atoms with Gasteiger partial charge in [0.2, 0.25) is 5.91 Å². The predicted molar refractivity (Wildman–Crippen MR) is 113 cm³/mol. The Morgan fingerprint density at radius 1 is 1.29 bits per heavy atom. The first-order chi connectivity index (χ1) is 13.2. The zero-order valence-electron chi connectivity index (χ0n) is 15.5. The summed E-state index contributed by atoms with van der Waals surface area (Å²) in [5, 5.41) is 2.73. The van der Waals surface area contributed by atoms with Gasteiger partial charge in [0.05, 0.1) is 17.6 Å². The van der Waals surface area contributed by atoms with E-state index >= 15 is 0 Å². The molecule has 8 heteroatoms. The van der Waals surface area contributed by atoms with Crippen molar-refractivity contribution in [2.45, 2.75) is 18.9 Å². The molecule has 1 atom stereocenters. The molecule has 0 fully saturated rings. The molecule has 140 valence electrons. The van der Waals surface area contributed by atoms with E-state index in [9.17, 15) is 9.18 Å². The van der Waals surface area contributed by atoms with E-state index in [0.717, 1.165) is 26.8 Å². The van der Waals surface area contributed by atoms with Gasteiger partial charge in [-0.25, -0.2) is 9.38 Å². The number of thiophene rings is 1. The molecule has 0 unspecified atom stereocenters. The summed E-state index contributed by atoms with van der Waals surface area (Å²) in [6.45, 7) is 1.87. The van der Waals surface area contributed by atoms with Crippen molar-refractivity contribution in [3.63, 3.8) is 0 Å². The number of halogens is 1. The van der Waals surface area contributed by atoms with Crippen LogP contribution in [-0.4, -0.2) is 31.7 Å². The van der Waals surface area contributed by atoms with Crippen molar-refractivity contribution in [1.82, 2.24) is 4.90 Å². The van der Waals surface area contributed by atoms with Crippen LogP contribution < -0.4 is 16.9 Å². The molecule has 2 radical (unpaired) electrons. The Kier molecular flexibility index (Phi) is 4.19. The van der Waals surface area contributed by atoms with Gasteiger partial charge in [0.25, 0.3) is 0 Å². The van der Waals surface area contributed by atoms with Crippen LogP contribution in [0, 0.1) is 5.82 Å². The highest BCUT2D eigenvalue weighted by Crippen LogP contribution is 2.40. The molecule has 4 rings (SSSR count). The number of nitrogens with two attached hydrogens (primary N) is 2. The van der Waals surface area contributed by atoms with Gasteiger partial charge in [0.15, 0.2) is 5.96 Å². The molecule has 2 aromatic carbocycles. The summed E-state index contributed by atoms with van der Waals surface area (Å²) in [4.78, 5) is 18.3. The van der Waals surface area contributed by atoms with E-state index in [0.29, 0.717) is 5.46 Å². The average Bonchev–Trinajstić information content (AvgIpc) is 3.02. The van der Waals surface area contributed by atoms with E-state index in [-0.39, 0.29) is 24.0 Å². The van der Waals surface area contributed by atoms with Crippen LogP contribution in [0.25, 0.3) is 21.2 Å². The van der Waals surface area contributed by atoms with Crippen molar-refractivity contribution >= 4 is 52.3 Å². The highest BCUT2D eigenvalue weighted by Gasteiger charge is 2.36. The number of nitrogen functional groups attached to an aromatic ring is 1. The van der Waals surface area contributed by atoms with Crippen molar-refractivity contribution in [2.24, 2.45) is 10.7 Å². The molecule has 1 aliphatic rings. The molecule has 0 saturated heterocycles. The van der Waals surface area contributed by atoms with E-state index in [2.05, 4.69) is 4.99 Å². The Morgan fingerprint density at radius 3 is 2.71 bits per heavy atom. The maximum atomic E-state index is 13.7. The van der Waals surface area contributed by atoms with Crippen LogP contribution in [0.15, 0.2) is 40.7 Å².